The van der Waals surface area contributed by atoms with Gasteiger partial charge >= 0.3 is 0 Å². The van der Waals surface area contributed by atoms with Crippen LogP contribution in [0.1, 0.15) is 39.4 Å². The molecule has 0 aliphatic carbocycles. The van der Waals surface area contributed by atoms with Gasteiger partial charge in [-0.15, -0.1) is 0 Å². The highest BCUT2D eigenvalue weighted by molar-refractivity contribution is 5.97. The third-order valence-corrected chi connectivity index (χ3v) is 3.68. The molecule has 2 amide bonds. The van der Waals surface area contributed by atoms with Crippen LogP contribution < -0.4 is 5.32 Å². The van der Waals surface area contributed by atoms with Gasteiger partial charge in [0, 0.05) is 6.54 Å². The van der Waals surface area contributed by atoms with Gasteiger partial charge in [0.1, 0.15) is 24.2 Å². The molecule has 2 rings (SSSR count). The van der Waals surface area contributed by atoms with Crippen LogP contribution in [-0.2, 0) is 22.7 Å². The topological polar surface area (TPSA) is 80.1 Å². The third-order valence-electron chi connectivity index (χ3n) is 3.68. The van der Waals surface area contributed by atoms with Gasteiger partial charge in [0.2, 0.25) is 11.8 Å². The Bertz CT molecular complexity index is 513. The Morgan fingerprint density at radius 3 is 2.80 bits per heavy atom. The minimum absolute atomic E-state index is 0.0642. The summed E-state index contributed by atoms with van der Waals surface area (Å²) in [5.41, 5.74) is -0.815. The van der Waals surface area contributed by atoms with E-state index >= 15 is 0 Å². The van der Waals surface area contributed by atoms with E-state index in [1.807, 2.05) is 6.92 Å². The number of carbonyl (C=O) groups excluding carboxylic acids is 2. The molecule has 110 valence electrons. The number of nitrogens with zero attached hydrogens (tertiary/aromatic N) is 4. The Morgan fingerprint density at radius 1 is 1.40 bits per heavy atom. The summed E-state index contributed by atoms with van der Waals surface area (Å²) in [6.45, 7) is 6.86. The molecular formula is C13H21N5O2. The van der Waals surface area contributed by atoms with Gasteiger partial charge in [0.05, 0.1) is 6.54 Å². The summed E-state index contributed by atoms with van der Waals surface area (Å²) < 4.78 is 1.78. The maximum atomic E-state index is 12.5. The van der Waals surface area contributed by atoms with Crippen LogP contribution in [-0.4, -0.2) is 43.6 Å². The maximum Gasteiger partial charge on any atom is 0.248 e. The van der Waals surface area contributed by atoms with E-state index in [1.165, 1.54) is 6.33 Å². The first-order chi connectivity index (χ1) is 9.50. The van der Waals surface area contributed by atoms with Crippen LogP contribution in [0.3, 0.4) is 0 Å². The van der Waals surface area contributed by atoms with Crippen LogP contribution in [0.15, 0.2) is 6.33 Å². The molecule has 1 unspecified atom stereocenters. The zero-order valence-corrected chi connectivity index (χ0v) is 12.2. The molecule has 0 saturated carbocycles. The Hall–Kier alpha value is -1.92. The largest absolute Gasteiger partial charge is 0.340 e. The molecular weight excluding hydrogens is 258 g/mol. The van der Waals surface area contributed by atoms with Crippen LogP contribution in [0.25, 0.3) is 0 Å². The first-order valence-electron chi connectivity index (χ1n) is 6.97. The molecule has 0 radical (unpaired) electrons. The number of amides is 2. The second kappa shape index (κ2) is 5.60. The van der Waals surface area contributed by atoms with Crippen molar-refractivity contribution in [2.24, 2.45) is 0 Å². The van der Waals surface area contributed by atoms with Gasteiger partial charge in [-0.25, -0.2) is 9.67 Å². The predicted molar refractivity (Wildman–Crippen MR) is 72.6 cm³/mol. The summed E-state index contributed by atoms with van der Waals surface area (Å²) in [5.74, 6) is 0.523. The Morgan fingerprint density at radius 2 is 2.15 bits per heavy atom. The molecule has 0 spiro atoms. The van der Waals surface area contributed by atoms with Crippen molar-refractivity contribution in [2.45, 2.75) is 52.2 Å². The van der Waals surface area contributed by atoms with E-state index in [0.717, 1.165) is 13.0 Å². The highest BCUT2D eigenvalue weighted by atomic mass is 16.2. The first kappa shape index (κ1) is 14.5. The van der Waals surface area contributed by atoms with Crippen molar-refractivity contribution in [3.8, 4) is 0 Å². The van der Waals surface area contributed by atoms with Crippen LogP contribution >= 0.6 is 0 Å². The van der Waals surface area contributed by atoms with E-state index in [2.05, 4.69) is 22.3 Å². The normalized spacial score (nSPS) is 23.1. The van der Waals surface area contributed by atoms with Crippen molar-refractivity contribution in [2.75, 3.05) is 6.54 Å². The molecule has 7 heteroatoms. The molecule has 1 fully saturated rings. The maximum absolute atomic E-state index is 12.5. The molecule has 1 aromatic heterocycles. The number of nitrogens with one attached hydrogen (secondary N) is 1. The van der Waals surface area contributed by atoms with Crippen molar-refractivity contribution >= 4 is 11.8 Å². The standard InChI is InChI=1S/C13H21N5O2/c1-4-6-18-10(14-9-15-18)7-17-8-11(19)16-13(3,5-2)12(17)20/h9H,4-8H2,1-3H3,(H,16,19). The lowest BCUT2D eigenvalue weighted by atomic mass is 9.94. The quantitative estimate of drug-likeness (QED) is 0.841. The molecule has 1 atom stereocenters. The Kier molecular flexibility index (Phi) is 4.06. The monoisotopic (exact) mass is 279 g/mol. The van der Waals surface area contributed by atoms with E-state index in [9.17, 15) is 9.59 Å². The minimum Gasteiger partial charge on any atom is -0.340 e. The second-order valence-corrected chi connectivity index (χ2v) is 5.29. The van der Waals surface area contributed by atoms with Crippen molar-refractivity contribution in [1.82, 2.24) is 25.0 Å². The average molecular weight is 279 g/mol. The van der Waals surface area contributed by atoms with Crippen LogP contribution in [0, 0.1) is 0 Å². The van der Waals surface area contributed by atoms with E-state index in [-0.39, 0.29) is 18.4 Å². The van der Waals surface area contributed by atoms with Gasteiger partial charge in [-0.2, -0.15) is 5.10 Å². The number of carbonyl (C=O) groups is 2. The van der Waals surface area contributed by atoms with Crippen LogP contribution in [0.4, 0.5) is 0 Å². The third kappa shape index (κ3) is 2.66. The van der Waals surface area contributed by atoms with Gasteiger partial charge in [-0.05, 0) is 19.8 Å². The van der Waals surface area contributed by atoms with Crippen molar-refractivity contribution < 1.29 is 9.59 Å². The zero-order valence-electron chi connectivity index (χ0n) is 12.2. The van der Waals surface area contributed by atoms with Gasteiger partial charge in [0.25, 0.3) is 0 Å². The highest BCUT2D eigenvalue weighted by Gasteiger charge is 2.41. The highest BCUT2D eigenvalue weighted by Crippen LogP contribution is 2.19. The summed E-state index contributed by atoms with van der Waals surface area (Å²) in [5, 5.41) is 6.91. The number of rotatable bonds is 5. The fraction of sp³-hybridized carbons (Fsp3) is 0.692. The minimum atomic E-state index is -0.815. The SMILES string of the molecule is CCCn1ncnc1CN1CC(=O)NC(C)(CC)C1=O. The van der Waals surface area contributed by atoms with Gasteiger partial charge in [-0.1, -0.05) is 13.8 Å². The lowest BCUT2D eigenvalue weighted by molar-refractivity contribution is -0.150. The van der Waals surface area contributed by atoms with Crippen molar-refractivity contribution in [1.29, 1.82) is 0 Å². The van der Waals surface area contributed by atoms with E-state index in [1.54, 1.807) is 16.5 Å². The predicted octanol–water partition coefficient (Wildman–Crippen LogP) is 0.315. The number of piperazine rings is 1. The van der Waals surface area contributed by atoms with Crippen molar-refractivity contribution in [3.05, 3.63) is 12.2 Å². The number of hydrogen-bond acceptors (Lipinski definition) is 4. The second-order valence-electron chi connectivity index (χ2n) is 5.29. The smallest absolute Gasteiger partial charge is 0.248 e. The van der Waals surface area contributed by atoms with Gasteiger partial charge in [-0.3, -0.25) is 9.59 Å². The molecule has 1 aromatic rings. The summed E-state index contributed by atoms with van der Waals surface area (Å²) >= 11 is 0. The molecule has 7 nitrogen and oxygen atoms in total. The first-order valence-corrected chi connectivity index (χ1v) is 6.97. The summed E-state index contributed by atoms with van der Waals surface area (Å²) in [4.78, 5) is 30.0. The van der Waals surface area contributed by atoms with E-state index < -0.39 is 5.54 Å². The molecule has 2 heterocycles. The molecule has 1 aliphatic rings. The number of aromatic nitrogens is 3. The molecule has 1 N–H and O–H groups in total. The summed E-state index contributed by atoms with van der Waals surface area (Å²) in [6, 6.07) is 0. The van der Waals surface area contributed by atoms with Crippen molar-refractivity contribution in [3.63, 3.8) is 0 Å². The summed E-state index contributed by atoms with van der Waals surface area (Å²) in [6.07, 6.45) is 2.99. The molecule has 0 bridgehead atoms. The van der Waals surface area contributed by atoms with Gasteiger partial charge < -0.3 is 10.2 Å². The van der Waals surface area contributed by atoms with E-state index in [4.69, 9.17) is 0 Å². The van der Waals surface area contributed by atoms with Crippen LogP contribution in [0.2, 0.25) is 0 Å². The zero-order chi connectivity index (χ0) is 14.8. The van der Waals surface area contributed by atoms with E-state index in [0.29, 0.717) is 18.8 Å². The number of aryl methyl sites for hydroxylation is 1. The lowest BCUT2D eigenvalue weighted by Gasteiger charge is -2.39. The Labute approximate surface area is 118 Å². The average Bonchev–Trinajstić information content (AvgIpc) is 2.83. The summed E-state index contributed by atoms with van der Waals surface area (Å²) in [7, 11) is 0. The molecule has 1 aliphatic heterocycles. The Balaban J connectivity index is 2.17. The molecule has 20 heavy (non-hydrogen) atoms. The molecule has 0 aromatic carbocycles. The fourth-order valence-corrected chi connectivity index (χ4v) is 2.34. The lowest BCUT2D eigenvalue weighted by Crippen LogP contribution is -2.64. The van der Waals surface area contributed by atoms with Gasteiger partial charge in [0.15, 0.2) is 0 Å². The number of hydrogen-bond donors (Lipinski definition) is 1. The van der Waals surface area contributed by atoms with Crippen LogP contribution in [0.5, 0.6) is 0 Å². The fourth-order valence-electron chi connectivity index (χ4n) is 2.34. The molecule has 1 saturated heterocycles.